The number of aromatic nitrogens is 5. The van der Waals surface area contributed by atoms with Crippen LogP contribution in [0.1, 0.15) is 0 Å². The van der Waals surface area contributed by atoms with E-state index < -0.39 is 0 Å². The van der Waals surface area contributed by atoms with Crippen molar-refractivity contribution in [2.24, 2.45) is 0 Å². The number of hydrogen-bond donors (Lipinski definition) is 0. The molecule has 5 heteroatoms. The lowest BCUT2D eigenvalue weighted by atomic mass is 10.0. The summed E-state index contributed by atoms with van der Waals surface area (Å²) in [4.78, 5) is 24.4. The first-order valence-corrected chi connectivity index (χ1v) is 15.9. The monoisotopic (exact) mass is 613 g/mol. The molecule has 0 aliphatic carbocycles. The van der Waals surface area contributed by atoms with Crippen molar-refractivity contribution in [3.63, 3.8) is 0 Å². The Hall–Kier alpha value is -6.59. The quantitative estimate of drug-likeness (QED) is 0.193. The second kappa shape index (κ2) is 11.6. The van der Waals surface area contributed by atoms with Gasteiger partial charge in [0.15, 0.2) is 17.5 Å². The third-order valence-electron chi connectivity index (χ3n) is 8.80. The summed E-state index contributed by atoms with van der Waals surface area (Å²) in [6.07, 6.45) is 3.85. The van der Waals surface area contributed by atoms with E-state index in [1.807, 2.05) is 48.8 Å². The molecule has 0 atom stereocenters. The van der Waals surface area contributed by atoms with E-state index in [-0.39, 0.29) is 0 Å². The molecule has 3 heterocycles. The van der Waals surface area contributed by atoms with Crippen LogP contribution in [-0.4, -0.2) is 24.9 Å². The van der Waals surface area contributed by atoms with Crippen molar-refractivity contribution >= 4 is 32.6 Å². The molecular weight excluding hydrogens is 587 g/mol. The molecule has 0 saturated carbocycles. The summed E-state index contributed by atoms with van der Waals surface area (Å²) < 4.78 is 0. The van der Waals surface area contributed by atoms with Gasteiger partial charge in [0, 0.05) is 51.0 Å². The van der Waals surface area contributed by atoms with E-state index in [9.17, 15) is 0 Å². The van der Waals surface area contributed by atoms with E-state index in [4.69, 9.17) is 15.0 Å². The summed E-state index contributed by atoms with van der Waals surface area (Å²) in [5.74, 6) is 1.88. The van der Waals surface area contributed by atoms with Gasteiger partial charge in [-0.3, -0.25) is 9.97 Å². The van der Waals surface area contributed by atoms with E-state index in [1.54, 1.807) is 0 Å². The zero-order valence-corrected chi connectivity index (χ0v) is 25.8. The first-order valence-electron chi connectivity index (χ1n) is 15.9. The van der Waals surface area contributed by atoms with Gasteiger partial charge in [0.25, 0.3) is 0 Å². The van der Waals surface area contributed by atoms with Gasteiger partial charge in [-0.2, -0.15) is 0 Å². The van der Waals surface area contributed by atoms with Crippen LogP contribution in [0.15, 0.2) is 164 Å². The van der Waals surface area contributed by atoms with Crippen LogP contribution in [0.3, 0.4) is 0 Å². The standard InChI is InChI=1S/C43H27N5/c1-4-12-37-30(8-1)11-7-13-38(37)43-47-41(31-20-16-28(17-21-31)35-24-33-9-2-5-14-39(33)44-26-35)46-42(48-43)32-22-18-29(19-23-32)36-25-34-10-3-6-15-40(34)45-27-36/h1-27H. The minimum absolute atomic E-state index is 0.619. The summed E-state index contributed by atoms with van der Waals surface area (Å²) in [7, 11) is 0. The van der Waals surface area contributed by atoms with Gasteiger partial charge in [-0.05, 0) is 46.2 Å². The summed E-state index contributed by atoms with van der Waals surface area (Å²) in [6.45, 7) is 0. The molecular formula is C43H27N5. The highest BCUT2D eigenvalue weighted by Crippen LogP contribution is 2.32. The Bertz CT molecular complexity index is 2460. The number of hydrogen-bond acceptors (Lipinski definition) is 5. The highest BCUT2D eigenvalue weighted by molar-refractivity contribution is 5.95. The fourth-order valence-electron chi connectivity index (χ4n) is 6.26. The maximum atomic E-state index is 5.04. The van der Waals surface area contributed by atoms with Crippen molar-refractivity contribution < 1.29 is 0 Å². The van der Waals surface area contributed by atoms with Gasteiger partial charge in [-0.25, -0.2) is 15.0 Å². The predicted molar refractivity (Wildman–Crippen MR) is 195 cm³/mol. The first-order chi connectivity index (χ1) is 23.7. The van der Waals surface area contributed by atoms with Crippen LogP contribution in [0, 0.1) is 0 Å². The first kappa shape index (κ1) is 27.7. The number of fused-ring (bicyclic) bond motifs is 3. The number of rotatable bonds is 5. The maximum Gasteiger partial charge on any atom is 0.164 e. The molecule has 0 unspecified atom stereocenters. The predicted octanol–water partition coefficient (Wildman–Crippen LogP) is 10.5. The molecule has 9 aromatic rings. The Labute approximate surface area is 277 Å². The molecule has 3 aromatic heterocycles. The van der Waals surface area contributed by atoms with Crippen molar-refractivity contribution in [3.8, 4) is 56.4 Å². The van der Waals surface area contributed by atoms with Gasteiger partial charge in [-0.15, -0.1) is 0 Å². The SMILES string of the molecule is c1ccc2ncc(-c3ccc(-c4nc(-c5ccc(-c6cnc7ccccc7c6)cc5)nc(-c5cccc6ccccc56)n4)cc3)cc2c1. The Balaban J connectivity index is 1.13. The smallest absolute Gasteiger partial charge is 0.164 e. The van der Waals surface area contributed by atoms with E-state index >= 15 is 0 Å². The van der Waals surface area contributed by atoms with Crippen molar-refractivity contribution in [1.82, 2.24) is 24.9 Å². The Kier molecular flexibility index (Phi) is 6.72. The van der Waals surface area contributed by atoms with Gasteiger partial charge in [-0.1, -0.05) is 127 Å². The maximum absolute atomic E-state index is 5.04. The Morgan fingerprint density at radius 1 is 0.312 bits per heavy atom. The van der Waals surface area contributed by atoms with Gasteiger partial charge in [0.1, 0.15) is 0 Å². The third kappa shape index (κ3) is 5.13. The Morgan fingerprint density at radius 2 is 0.750 bits per heavy atom. The third-order valence-corrected chi connectivity index (χ3v) is 8.80. The molecule has 0 radical (unpaired) electrons. The number of nitrogens with zero attached hydrogens (tertiary/aromatic N) is 5. The van der Waals surface area contributed by atoms with Gasteiger partial charge in [0.05, 0.1) is 11.0 Å². The van der Waals surface area contributed by atoms with Gasteiger partial charge < -0.3 is 0 Å². The topological polar surface area (TPSA) is 64.5 Å². The van der Waals surface area contributed by atoms with Crippen molar-refractivity contribution in [1.29, 1.82) is 0 Å². The van der Waals surface area contributed by atoms with E-state index in [2.05, 4.69) is 125 Å². The molecule has 0 bridgehead atoms. The highest BCUT2D eigenvalue weighted by atomic mass is 15.0. The van der Waals surface area contributed by atoms with Crippen molar-refractivity contribution in [2.75, 3.05) is 0 Å². The normalized spacial score (nSPS) is 11.3. The molecule has 5 nitrogen and oxygen atoms in total. The fourth-order valence-corrected chi connectivity index (χ4v) is 6.26. The molecule has 9 rings (SSSR count). The zero-order valence-electron chi connectivity index (χ0n) is 25.8. The van der Waals surface area contributed by atoms with Crippen LogP contribution in [0.25, 0.3) is 89.0 Å². The lowest BCUT2D eigenvalue weighted by molar-refractivity contribution is 1.08. The average Bonchev–Trinajstić information content (AvgIpc) is 3.17. The molecule has 48 heavy (non-hydrogen) atoms. The molecule has 6 aromatic carbocycles. The molecule has 0 saturated heterocycles. The van der Waals surface area contributed by atoms with Crippen LogP contribution >= 0.6 is 0 Å². The minimum atomic E-state index is 0.619. The van der Waals surface area contributed by atoms with E-state index in [0.717, 1.165) is 71.5 Å². The second-order valence-corrected chi connectivity index (χ2v) is 11.8. The van der Waals surface area contributed by atoms with Crippen LogP contribution in [0.2, 0.25) is 0 Å². The minimum Gasteiger partial charge on any atom is -0.256 e. The number of pyridine rings is 2. The molecule has 0 amide bonds. The molecule has 0 spiro atoms. The Morgan fingerprint density at radius 3 is 1.31 bits per heavy atom. The summed E-state index contributed by atoms with van der Waals surface area (Å²) >= 11 is 0. The highest BCUT2D eigenvalue weighted by Gasteiger charge is 2.15. The fraction of sp³-hybridized carbons (Fsp3) is 0. The molecule has 0 aliphatic heterocycles. The molecule has 0 fully saturated rings. The number of para-hydroxylation sites is 2. The van der Waals surface area contributed by atoms with Crippen molar-refractivity contribution in [2.45, 2.75) is 0 Å². The summed E-state index contributed by atoms with van der Waals surface area (Å²) in [5, 5.41) is 4.47. The summed E-state index contributed by atoms with van der Waals surface area (Å²) in [6, 6.07) is 52.0. The van der Waals surface area contributed by atoms with Gasteiger partial charge >= 0.3 is 0 Å². The zero-order chi connectivity index (χ0) is 31.9. The lowest BCUT2D eigenvalue weighted by Gasteiger charge is -2.11. The summed E-state index contributed by atoms with van der Waals surface area (Å²) in [5.41, 5.74) is 9.06. The average molecular weight is 614 g/mol. The van der Waals surface area contributed by atoms with Crippen molar-refractivity contribution in [3.05, 3.63) is 164 Å². The molecule has 0 N–H and O–H groups in total. The number of benzene rings is 6. The molecule has 0 aliphatic rings. The van der Waals surface area contributed by atoms with Crippen LogP contribution in [-0.2, 0) is 0 Å². The molecule has 224 valence electrons. The van der Waals surface area contributed by atoms with E-state index in [0.29, 0.717) is 17.5 Å². The lowest BCUT2D eigenvalue weighted by Crippen LogP contribution is -2.00. The largest absolute Gasteiger partial charge is 0.256 e. The van der Waals surface area contributed by atoms with Crippen LogP contribution in [0.5, 0.6) is 0 Å². The second-order valence-electron chi connectivity index (χ2n) is 11.8. The van der Waals surface area contributed by atoms with E-state index in [1.165, 1.54) is 0 Å². The van der Waals surface area contributed by atoms with Gasteiger partial charge in [0.2, 0.25) is 0 Å². The van der Waals surface area contributed by atoms with Crippen LogP contribution in [0.4, 0.5) is 0 Å². The van der Waals surface area contributed by atoms with Crippen LogP contribution < -0.4 is 0 Å².